The molecule has 0 aliphatic carbocycles. The number of carbonyl (C=O) groups excluding carboxylic acids is 2. The maximum Gasteiger partial charge on any atom is 0.271 e. The Labute approximate surface area is 208 Å². The monoisotopic (exact) mass is 480 g/mol. The summed E-state index contributed by atoms with van der Waals surface area (Å²) in [6, 6.07) is 7.46. The number of rotatable bonds is 12. The van der Waals surface area contributed by atoms with Crippen LogP contribution in [0.15, 0.2) is 34.9 Å². The summed E-state index contributed by atoms with van der Waals surface area (Å²) in [6.45, 7) is 5.24. The van der Waals surface area contributed by atoms with Gasteiger partial charge in [-0.3, -0.25) is 14.5 Å². The molecule has 2 amide bonds. The second kappa shape index (κ2) is 13.1. The second-order valence-electron chi connectivity index (χ2n) is 9.05. The van der Waals surface area contributed by atoms with E-state index in [1.54, 1.807) is 26.2 Å². The number of unbranched alkanes of at least 4 members (excludes halogenated alkanes) is 5. The van der Waals surface area contributed by atoms with Crippen LogP contribution in [-0.2, 0) is 14.3 Å². The van der Waals surface area contributed by atoms with Gasteiger partial charge in [-0.2, -0.15) is 5.26 Å². The molecule has 1 fully saturated rings. The van der Waals surface area contributed by atoms with Gasteiger partial charge in [-0.25, -0.2) is 0 Å². The Kier molecular flexibility index (Phi) is 9.92. The molecule has 0 bridgehead atoms. The quantitative estimate of drug-likeness (QED) is 0.232. The van der Waals surface area contributed by atoms with Gasteiger partial charge < -0.3 is 14.2 Å². The molecular weight excluding hydrogens is 444 g/mol. The van der Waals surface area contributed by atoms with E-state index < -0.39 is 11.8 Å². The highest BCUT2D eigenvalue weighted by atomic mass is 16.5. The predicted octanol–water partition coefficient (Wildman–Crippen LogP) is 5.21. The summed E-state index contributed by atoms with van der Waals surface area (Å²) in [6.07, 6.45) is 10.3. The van der Waals surface area contributed by atoms with Crippen molar-refractivity contribution in [2.45, 2.75) is 71.3 Å². The second-order valence-corrected chi connectivity index (χ2v) is 9.05. The molecule has 0 aromatic heterocycles. The zero-order valence-corrected chi connectivity index (χ0v) is 21.1. The molecule has 0 N–H and O–H groups in total. The number of ether oxygens (including phenoxy) is 3. The summed E-state index contributed by atoms with van der Waals surface area (Å²) < 4.78 is 17.1. The minimum Gasteiger partial charge on any atom is -0.493 e. The van der Waals surface area contributed by atoms with Gasteiger partial charge in [-0.1, -0.05) is 45.1 Å². The maximum atomic E-state index is 13.3. The van der Waals surface area contributed by atoms with E-state index in [0.29, 0.717) is 35.9 Å². The molecule has 1 atom stereocenters. The lowest BCUT2D eigenvalue weighted by Gasteiger charge is -2.29. The Balaban J connectivity index is 1.75. The van der Waals surface area contributed by atoms with Crippen LogP contribution in [0.1, 0.15) is 70.8 Å². The SMILES string of the molecule is CCCCCCCCOc1ccc(/C=C2/C(=O)N(CC3CCCO3)C(=O)C(C#N)=C2C)cc1OC. The Morgan fingerprint density at radius 3 is 2.60 bits per heavy atom. The minimum atomic E-state index is -0.557. The largest absolute Gasteiger partial charge is 0.493 e. The predicted molar refractivity (Wildman–Crippen MR) is 134 cm³/mol. The van der Waals surface area contributed by atoms with Crippen LogP contribution >= 0.6 is 0 Å². The minimum absolute atomic E-state index is 0.0142. The van der Waals surface area contributed by atoms with Gasteiger partial charge in [-0.15, -0.1) is 0 Å². The first-order valence-electron chi connectivity index (χ1n) is 12.6. The van der Waals surface area contributed by atoms with E-state index in [4.69, 9.17) is 14.2 Å². The van der Waals surface area contributed by atoms with Gasteiger partial charge in [0, 0.05) is 12.2 Å². The fourth-order valence-corrected chi connectivity index (χ4v) is 4.41. The summed E-state index contributed by atoms with van der Waals surface area (Å²) in [4.78, 5) is 27.2. The van der Waals surface area contributed by atoms with Crippen molar-refractivity contribution in [3.05, 3.63) is 40.5 Å². The van der Waals surface area contributed by atoms with Crippen LogP contribution in [0.4, 0.5) is 0 Å². The zero-order chi connectivity index (χ0) is 25.2. The Morgan fingerprint density at radius 2 is 1.91 bits per heavy atom. The molecule has 0 saturated carbocycles. The van der Waals surface area contributed by atoms with E-state index >= 15 is 0 Å². The summed E-state index contributed by atoms with van der Waals surface area (Å²) in [5, 5.41) is 9.60. The molecule has 7 nitrogen and oxygen atoms in total. The molecule has 7 heteroatoms. The van der Waals surface area contributed by atoms with Crippen molar-refractivity contribution in [2.75, 3.05) is 26.9 Å². The van der Waals surface area contributed by atoms with Gasteiger partial charge in [0.2, 0.25) is 0 Å². The topological polar surface area (TPSA) is 88.9 Å². The van der Waals surface area contributed by atoms with Crippen molar-refractivity contribution in [3.8, 4) is 17.6 Å². The van der Waals surface area contributed by atoms with Crippen LogP contribution in [0.5, 0.6) is 11.5 Å². The van der Waals surface area contributed by atoms with E-state index in [1.165, 1.54) is 25.7 Å². The molecule has 1 aromatic carbocycles. The molecule has 0 spiro atoms. The smallest absolute Gasteiger partial charge is 0.271 e. The van der Waals surface area contributed by atoms with Gasteiger partial charge in [0.15, 0.2) is 11.5 Å². The third-order valence-corrected chi connectivity index (χ3v) is 6.49. The number of amides is 2. The van der Waals surface area contributed by atoms with Crippen molar-refractivity contribution >= 4 is 17.9 Å². The number of nitriles is 1. The first-order valence-corrected chi connectivity index (χ1v) is 12.6. The van der Waals surface area contributed by atoms with Crippen molar-refractivity contribution in [2.24, 2.45) is 0 Å². The average molecular weight is 481 g/mol. The lowest BCUT2D eigenvalue weighted by atomic mass is 9.93. The van der Waals surface area contributed by atoms with Gasteiger partial charge in [0.05, 0.1) is 26.4 Å². The lowest BCUT2D eigenvalue weighted by molar-refractivity contribution is -0.142. The van der Waals surface area contributed by atoms with Crippen LogP contribution < -0.4 is 9.47 Å². The van der Waals surface area contributed by atoms with Crippen molar-refractivity contribution in [3.63, 3.8) is 0 Å². The molecule has 1 aromatic rings. The first-order chi connectivity index (χ1) is 17.0. The van der Waals surface area contributed by atoms with Crippen molar-refractivity contribution in [1.82, 2.24) is 4.90 Å². The number of hydrogen-bond donors (Lipinski definition) is 0. The summed E-state index contributed by atoms with van der Waals surface area (Å²) in [5.41, 5.74) is 1.41. The number of carbonyl (C=O) groups is 2. The molecular formula is C28H36N2O5. The van der Waals surface area contributed by atoms with Gasteiger partial charge in [0.25, 0.3) is 11.8 Å². The molecule has 2 aliphatic rings. The van der Waals surface area contributed by atoms with E-state index in [-0.39, 0.29) is 18.2 Å². The molecule has 35 heavy (non-hydrogen) atoms. The summed E-state index contributed by atoms with van der Waals surface area (Å²) in [5.74, 6) is 0.254. The Hall–Kier alpha value is -3.11. The van der Waals surface area contributed by atoms with E-state index in [0.717, 1.165) is 36.1 Å². The zero-order valence-electron chi connectivity index (χ0n) is 21.1. The number of nitrogens with zero attached hydrogens (tertiary/aromatic N) is 2. The van der Waals surface area contributed by atoms with Gasteiger partial charge in [0.1, 0.15) is 11.6 Å². The molecule has 2 heterocycles. The normalized spacial score (nSPS) is 19.4. The molecule has 1 saturated heterocycles. The lowest BCUT2D eigenvalue weighted by Crippen LogP contribution is -2.46. The van der Waals surface area contributed by atoms with Crippen LogP contribution in [0.2, 0.25) is 0 Å². The molecule has 1 unspecified atom stereocenters. The molecule has 188 valence electrons. The summed E-state index contributed by atoms with van der Waals surface area (Å²) in [7, 11) is 1.58. The van der Waals surface area contributed by atoms with Crippen LogP contribution in [0, 0.1) is 11.3 Å². The first kappa shape index (κ1) is 26.5. The summed E-state index contributed by atoms with van der Waals surface area (Å²) >= 11 is 0. The average Bonchev–Trinajstić information content (AvgIpc) is 3.38. The van der Waals surface area contributed by atoms with E-state index in [1.807, 2.05) is 18.2 Å². The highest BCUT2D eigenvalue weighted by Gasteiger charge is 2.37. The highest BCUT2D eigenvalue weighted by molar-refractivity contribution is 6.19. The highest BCUT2D eigenvalue weighted by Crippen LogP contribution is 2.32. The maximum absolute atomic E-state index is 13.3. The number of hydrogen-bond acceptors (Lipinski definition) is 6. The standard InChI is InChI=1S/C28H36N2O5/c1-4-5-6-7-8-9-14-35-25-13-12-21(17-26(25)33-3)16-23-20(2)24(18-29)28(32)30(27(23)31)19-22-11-10-15-34-22/h12-13,16-17,22H,4-11,14-15,19H2,1-3H3/b23-16+. The third-order valence-electron chi connectivity index (χ3n) is 6.49. The molecule has 0 radical (unpaired) electrons. The van der Waals surface area contributed by atoms with E-state index in [2.05, 4.69) is 6.92 Å². The fourth-order valence-electron chi connectivity index (χ4n) is 4.41. The van der Waals surface area contributed by atoms with Crippen molar-refractivity contribution < 1.29 is 23.8 Å². The Bertz CT molecular complexity index is 1010. The van der Waals surface area contributed by atoms with Gasteiger partial charge in [-0.05, 0) is 55.5 Å². The fraction of sp³-hybridized carbons (Fsp3) is 0.536. The third kappa shape index (κ3) is 6.73. The van der Waals surface area contributed by atoms with Crippen LogP contribution in [-0.4, -0.2) is 49.7 Å². The number of benzene rings is 1. The molecule has 2 aliphatic heterocycles. The van der Waals surface area contributed by atoms with Crippen molar-refractivity contribution in [1.29, 1.82) is 5.26 Å². The number of methoxy groups -OCH3 is 1. The van der Waals surface area contributed by atoms with Crippen LogP contribution in [0.3, 0.4) is 0 Å². The molecule has 3 rings (SSSR count). The number of imide groups is 1. The van der Waals surface area contributed by atoms with Crippen LogP contribution in [0.25, 0.3) is 6.08 Å². The Morgan fingerprint density at radius 1 is 1.14 bits per heavy atom. The van der Waals surface area contributed by atoms with E-state index in [9.17, 15) is 14.9 Å². The van der Waals surface area contributed by atoms with Gasteiger partial charge >= 0.3 is 0 Å².